The van der Waals surface area contributed by atoms with Gasteiger partial charge >= 0.3 is 0 Å². The van der Waals surface area contributed by atoms with Crippen molar-refractivity contribution in [3.05, 3.63) is 144 Å². The van der Waals surface area contributed by atoms with Crippen LogP contribution in [0.5, 0.6) is 0 Å². The molecule has 89 heavy (non-hydrogen) atoms. The SMILES string of the molecule is CCOCCOCCOCCOCCOCCOCC(=O)NC(Cc1ccc2ccccc2c1)C(=O)NC(Cc1ccc2ccccc2c1)C(=O)NC(Cc1ccc2ccccc2c1)C(=O)NCCOCCOCCOCCOCCOCCOCC(N)=O. The average molecular weight is 1240 g/mol. The minimum atomic E-state index is -1.20. The van der Waals surface area contributed by atoms with Crippen LogP contribution in [-0.2, 0) is 100 Å². The minimum Gasteiger partial charge on any atom is -0.379 e. The number of rotatable bonds is 50. The summed E-state index contributed by atoms with van der Waals surface area (Å²) in [7, 11) is 0. The highest BCUT2D eigenvalue weighted by Crippen LogP contribution is 2.20. The first-order valence-corrected chi connectivity index (χ1v) is 30.5. The van der Waals surface area contributed by atoms with Gasteiger partial charge in [0.25, 0.3) is 0 Å². The van der Waals surface area contributed by atoms with Crippen LogP contribution in [0.2, 0.25) is 0 Å². The lowest BCUT2D eigenvalue weighted by atomic mass is 9.98. The predicted octanol–water partition coefficient (Wildman–Crippen LogP) is 4.45. The molecule has 6 aromatic rings. The van der Waals surface area contributed by atoms with Crippen LogP contribution >= 0.6 is 0 Å². The Bertz CT molecular complexity index is 3010. The number of hydrogen-bond acceptors (Lipinski definition) is 17. The van der Waals surface area contributed by atoms with Gasteiger partial charge in [0.2, 0.25) is 29.5 Å². The molecule has 6 N–H and O–H groups in total. The molecule has 5 amide bonds. The van der Waals surface area contributed by atoms with Crippen molar-refractivity contribution in [3.63, 3.8) is 0 Å². The van der Waals surface area contributed by atoms with Crippen LogP contribution in [0.25, 0.3) is 32.3 Å². The summed E-state index contributed by atoms with van der Waals surface area (Å²) in [5.41, 5.74) is 7.37. The molecule has 0 aromatic heterocycles. The monoisotopic (exact) mass is 1240 g/mol. The fraction of sp³-hybridized carbons (Fsp3) is 0.478. The molecule has 0 aliphatic heterocycles. The lowest BCUT2D eigenvalue weighted by molar-refractivity contribution is -0.134. The molecule has 0 spiro atoms. The third kappa shape index (κ3) is 29.4. The number of amides is 5. The number of nitrogens with two attached hydrogens (primary N) is 1. The van der Waals surface area contributed by atoms with Crippen LogP contribution in [0.15, 0.2) is 127 Å². The highest BCUT2D eigenvalue weighted by molar-refractivity contribution is 5.95. The number of primary amides is 1. The van der Waals surface area contributed by atoms with Crippen LogP contribution < -0.4 is 27.0 Å². The van der Waals surface area contributed by atoms with E-state index in [0.717, 1.165) is 49.0 Å². The van der Waals surface area contributed by atoms with Crippen molar-refractivity contribution in [2.24, 2.45) is 5.73 Å². The quantitative estimate of drug-likeness (QED) is 0.0330. The topological polar surface area (TPSA) is 270 Å². The van der Waals surface area contributed by atoms with Crippen LogP contribution in [-0.4, -0.2) is 213 Å². The fourth-order valence-corrected chi connectivity index (χ4v) is 9.16. The van der Waals surface area contributed by atoms with Gasteiger partial charge in [0, 0.05) is 32.4 Å². The maximum absolute atomic E-state index is 14.9. The van der Waals surface area contributed by atoms with E-state index >= 15 is 0 Å². The number of hydrogen-bond donors (Lipinski definition) is 5. The van der Waals surface area contributed by atoms with E-state index in [1.54, 1.807) is 0 Å². The Morgan fingerprint density at radius 2 is 0.629 bits per heavy atom. The Hall–Kier alpha value is -7.03. The van der Waals surface area contributed by atoms with Gasteiger partial charge in [-0.25, -0.2) is 0 Å². The van der Waals surface area contributed by atoms with Gasteiger partial charge in [-0.2, -0.15) is 0 Å². The molecule has 0 aliphatic carbocycles. The number of nitrogens with one attached hydrogen (secondary N) is 4. The molecule has 22 nitrogen and oxygen atoms in total. The molecule has 0 fully saturated rings. The Kier molecular flexibility index (Phi) is 34.8. The van der Waals surface area contributed by atoms with E-state index < -0.39 is 47.7 Å². The molecule has 0 saturated carbocycles. The molecule has 3 atom stereocenters. The number of benzene rings is 6. The summed E-state index contributed by atoms with van der Waals surface area (Å²) in [5.74, 6) is -2.73. The van der Waals surface area contributed by atoms with Crippen molar-refractivity contribution < 1.29 is 80.8 Å². The maximum atomic E-state index is 14.9. The Morgan fingerprint density at radius 1 is 0.337 bits per heavy atom. The third-order valence-electron chi connectivity index (χ3n) is 13.6. The average Bonchev–Trinajstić information content (AvgIpc) is 3.12. The second kappa shape index (κ2) is 43.6. The zero-order chi connectivity index (χ0) is 62.8. The molecule has 484 valence electrons. The summed E-state index contributed by atoms with van der Waals surface area (Å²) in [4.78, 5) is 68.4. The first kappa shape index (κ1) is 71.1. The predicted molar refractivity (Wildman–Crippen MR) is 336 cm³/mol. The molecule has 3 unspecified atom stereocenters. The van der Waals surface area contributed by atoms with Gasteiger partial charge in [-0.3, -0.25) is 24.0 Å². The number of ether oxygens (including phenoxy) is 12. The van der Waals surface area contributed by atoms with Crippen molar-refractivity contribution in [1.82, 2.24) is 21.3 Å². The molecule has 6 rings (SSSR count). The van der Waals surface area contributed by atoms with Crippen molar-refractivity contribution in [2.75, 3.05) is 165 Å². The molecule has 0 bridgehead atoms. The van der Waals surface area contributed by atoms with Crippen molar-refractivity contribution in [3.8, 4) is 0 Å². The summed E-state index contributed by atoms with van der Waals surface area (Å²) >= 11 is 0. The van der Waals surface area contributed by atoms with Crippen molar-refractivity contribution in [2.45, 2.75) is 44.3 Å². The molecule has 6 aromatic carbocycles. The van der Waals surface area contributed by atoms with Gasteiger partial charge in [-0.05, 0) is 55.9 Å². The zero-order valence-corrected chi connectivity index (χ0v) is 51.2. The summed E-state index contributed by atoms with van der Waals surface area (Å²) in [5, 5.41) is 17.7. The molecule has 0 radical (unpaired) electrons. The smallest absolute Gasteiger partial charge is 0.246 e. The van der Waals surface area contributed by atoms with Gasteiger partial charge in [-0.15, -0.1) is 0 Å². The number of carbonyl (C=O) groups excluding carboxylic acids is 5. The fourth-order valence-electron chi connectivity index (χ4n) is 9.16. The van der Waals surface area contributed by atoms with Gasteiger partial charge in [0.1, 0.15) is 31.3 Å². The summed E-state index contributed by atoms with van der Waals surface area (Å²) in [6.45, 7) is 9.70. The second-order valence-electron chi connectivity index (χ2n) is 20.5. The Balaban J connectivity index is 1.03. The maximum Gasteiger partial charge on any atom is 0.246 e. The van der Waals surface area contributed by atoms with E-state index in [1.165, 1.54) is 0 Å². The van der Waals surface area contributed by atoms with E-state index in [9.17, 15) is 24.0 Å². The van der Waals surface area contributed by atoms with E-state index in [2.05, 4.69) is 21.3 Å². The highest BCUT2D eigenvalue weighted by atomic mass is 16.6. The van der Waals surface area contributed by atoms with Gasteiger partial charge in [0.15, 0.2) is 0 Å². The van der Waals surface area contributed by atoms with Crippen LogP contribution in [0.3, 0.4) is 0 Å². The van der Waals surface area contributed by atoms with Gasteiger partial charge in [0.05, 0.1) is 139 Å². The normalized spacial score (nSPS) is 12.5. The number of carbonyl (C=O) groups is 5. The van der Waals surface area contributed by atoms with E-state index in [1.807, 2.05) is 134 Å². The molecule has 0 heterocycles. The number of fused-ring (bicyclic) bond motifs is 3. The molecular weight excluding hydrogens is 1150 g/mol. The summed E-state index contributed by atoms with van der Waals surface area (Å²) in [6, 6.07) is 37.7. The Morgan fingerprint density at radius 3 is 0.978 bits per heavy atom. The minimum absolute atomic E-state index is 0.0586. The van der Waals surface area contributed by atoms with Crippen molar-refractivity contribution >= 4 is 61.9 Å². The van der Waals surface area contributed by atoms with Crippen LogP contribution in [0, 0.1) is 0 Å². The summed E-state index contributed by atoms with van der Waals surface area (Å²) < 4.78 is 65.9. The zero-order valence-electron chi connectivity index (χ0n) is 51.2. The summed E-state index contributed by atoms with van der Waals surface area (Å²) in [6.07, 6.45) is 0.284. The van der Waals surface area contributed by atoms with Crippen LogP contribution in [0.4, 0.5) is 0 Å². The van der Waals surface area contributed by atoms with Gasteiger partial charge < -0.3 is 83.8 Å². The van der Waals surface area contributed by atoms with E-state index in [0.29, 0.717) is 112 Å². The van der Waals surface area contributed by atoms with E-state index in [-0.39, 0.29) is 72.1 Å². The largest absolute Gasteiger partial charge is 0.379 e. The molecular formula is C67H89N5O17. The highest BCUT2D eigenvalue weighted by Gasteiger charge is 2.31. The molecule has 0 saturated heterocycles. The lowest BCUT2D eigenvalue weighted by Crippen LogP contribution is -2.58. The van der Waals surface area contributed by atoms with Gasteiger partial charge in [-0.1, -0.05) is 127 Å². The van der Waals surface area contributed by atoms with Crippen LogP contribution in [0.1, 0.15) is 23.6 Å². The first-order chi connectivity index (χ1) is 43.6. The second-order valence-corrected chi connectivity index (χ2v) is 20.5. The standard InChI is InChI=1S/C67H89N5O17/c1-2-78-23-24-80-27-28-82-31-33-85-36-38-87-40-42-89-50-64(74)70-61(47-52-16-19-55-10-4-7-13-58(55)44-52)66(76)72-62(48-53-17-20-56-11-5-8-14-59(56)45-53)67(77)71-60(46-51-15-18-54-9-3-6-12-57(54)43-51)65(75)69-21-22-79-25-26-81-29-30-83-32-34-84-35-37-86-39-41-88-49-63(68)73/h3-20,43-45,60-62H,2,21-42,46-50H2,1H3,(H2,68,73)(H,69,75)(H,70,74)(H,71,77)(H,72,76). The first-order valence-electron chi connectivity index (χ1n) is 30.5. The van der Waals surface area contributed by atoms with E-state index in [4.69, 9.17) is 62.6 Å². The molecule has 0 aliphatic rings. The molecule has 22 heteroatoms. The Labute approximate surface area is 521 Å². The lowest BCUT2D eigenvalue weighted by Gasteiger charge is -2.26. The third-order valence-corrected chi connectivity index (χ3v) is 13.6. The van der Waals surface area contributed by atoms with Crippen molar-refractivity contribution in [1.29, 1.82) is 0 Å².